The summed E-state index contributed by atoms with van der Waals surface area (Å²) in [6.45, 7) is 2.88. The van der Waals surface area contributed by atoms with Crippen LogP contribution < -0.4 is 15.8 Å². The first-order valence-corrected chi connectivity index (χ1v) is 15.8. The first-order chi connectivity index (χ1) is 21.6. The molecule has 2 amide bonds. The van der Waals surface area contributed by atoms with Gasteiger partial charge in [0.25, 0.3) is 6.47 Å². The van der Waals surface area contributed by atoms with E-state index in [1.54, 1.807) is 24.0 Å². The Labute approximate surface area is 273 Å². The molecule has 4 atom stereocenters. The normalized spacial score (nSPS) is 20.2. The van der Waals surface area contributed by atoms with Crippen molar-refractivity contribution in [2.24, 2.45) is 5.73 Å². The average molecular weight is 666 g/mol. The standard InChI is InChI=1S/C31H40Cl2N4O5.CH2O2/c1-3-42-27(38)14-13-25(30(39)35-18-21-10-12-24(32)28(33)29(21)41-2)36-16-15-23(11-9-20-7-5-4-6-8-20)37-19-22(34)17-26(37)31(36)40;2-1-3/h4-8,10,12,22-23,25-26H,3,9,11,13-19,34H2,1-2H3,(H,35,39);1H,(H,2,3)/t22-,23?,25-,26+;/m1./s1. The van der Waals surface area contributed by atoms with E-state index in [-0.39, 0.29) is 61.4 Å². The molecule has 45 heavy (non-hydrogen) atoms. The summed E-state index contributed by atoms with van der Waals surface area (Å²) in [7, 11) is 1.48. The van der Waals surface area contributed by atoms with Crippen molar-refractivity contribution in [2.75, 3.05) is 26.8 Å². The second kappa shape index (κ2) is 17.9. The Morgan fingerprint density at radius 3 is 2.58 bits per heavy atom. The van der Waals surface area contributed by atoms with Gasteiger partial charge in [-0.25, -0.2) is 0 Å². The number of esters is 1. The summed E-state index contributed by atoms with van der Waals surface area (Å²) in [5.74, 6) is -0.525. The highest BCUT2D eigenvalue weighted by atomic mass is 35.5. The number of nitrogens with zero attached hydrogens (tertiary/aromatic N) is 2. The lowest BCUT2D eigenvalue weighted by Crippen LogP contribution is -2.53. The van der Waals surface area contributed by atoms with Crippen molar-refractivity contribution in [1.82, 2.24) is 15.1 Å². The van der Waals surface area contributed by atoms with E-state index in [1.165, 1.54) is 12.7 Å². The topological polar surface area (TPSA) is 151 Å². The number of hydrogen-bond acceptors (Lipinski definition) is 8. The summed E-state index contributed by atoms with van der Waals surface area (Å²) in [4.78, 5) is 52.3. The Morgan fingerprint density at radius 1 is 1.20 bits per heavy atom. The van der Waals surface area contributed by atoms with Crippen molar-refractivity contribution in [3.05, 3.63) is 63.6 Å². The van der Waals surface area contributed by atoms with Crippen molar-refractivity contribution in [2.45, 2.75) is 76.2 Å². The van der Waals surface area contributed by atoms with E-state index in [9.17, 15) is 14.4 Å². The largest absolute Gasteiger partial charge is 0.495 e. The number of benzene rings is 2. The lowest BCUT2D eigenvalue weighted by atomic mass is 10.0. The molecule has 11 nitrogen and oxygen atoms in total. The third-order valence-electron chi connectivity index (χ3n) is 8.12. The van der Waals surface area contributed by atoms with Gasteiger partial charge in [-0.2, -0.15) is 0 Å². The molecule has 4 N–H and O–H groups in total. The fourth-order valence-electron chi connectivity index (χ4n) is 6.04. The number of fused-ring (bicyclic) bond motifs is 1. The van der Waals surface area contributed by atoms with Gasteiger partial charge in [-0.15, -0.1) is 0 Å². The van der Waals surface area contributed by atoms with E-state index in [2.05, 4.69) is 22.3 Å². The fraction of sp³-hybridized carbons (Fsp3) is 0.500. The number of aryl methyl sites for hydroxylation is 1. The summed E-state index contributed by atoms with van der Waals surface area (Å²) < 4.78 is 10.5. The average Bonchev–Trinajstić information content (AvgIpc) is 3.37. The lowest BCUT2D eigenvalue weighted by Gasteiger charge is -2.32. The molecular formula is C32H42Cl2N4O7. The highest BCUT2D eigenvalue weighted by Gasteiger charge is 2.45. The van der Waals surface area contributed by atoms with Gasteiger partial charge in [0.05, 0.1) is 24.8 Å². The Bertz CT molecular complexity index is 1300. The van der Waals surface area contributed by atoms with Gasteiger partial charge in [-0.3, -0.25) is 24.1 Å². The molecule has 2 fully saturated rings. The van der Waals surface area contributed by atoms with Gasteiger partial charge in [-0.1, -0.05) is 59.6 Å². The molecule has 0 saturated carbocycles. The van der Waals surface area contributed by atoms with Crippen LogP contribution in [-0.2, 0) is 36.9 Å². The van der Waals surface area contributed by atoms with E-state index >= 15 is 0 Å². The zero-order chi connectivity index (χ0) is 32.9. The summed E-state index contributed by atoms with van der Waals surface area (Å²) in [5.41, 5.74) is 8.25. The summed E-state index contributed by atoms with van der Waals surface area (Å²) in [6, 6.07) is 12.4. The third-order valence-corrected chi connectivity index (χ3v) is 8.90. The zero-order valence-electron chi connectivity index (χ0n) is 25.6. The molecule has 1 unspecified atom stereocenters. The van der Waals surface area contributed by atoms with Crippen molar-refractivity contribution < 1.29 is 33.8 Å². The molecule has 2 saturated heterocycles. The number of nitrogens with two attached hydrogens (primary N) is 1. The maximum absolute atomic E-state index is 14.0. The van der Waals surface area contributed by atoms with E-state index < -0.39 is 18.1 Å². The minimum absolute atomic E-state index is 0.0110. The second-order valence-corrected chi connectivity index (χ2v) is 11.7. The van der Waals surface area contributed by atoms with Crippen LogP contribution in [0.3, 0.4) is 0 Å². The monoisotopic (exact) mass is 664 g/mol. The highest BCUT2D eigenvalue weighted by Crippen LogP contribution is 2.35. The molecule has 0 bridgehead atoms. The molecule has 0 aromatic heterocycles. The van der Waals surface area contributed by atoms with Crippen LogP contribution >= 0.6 is 23.2 Å². The van der Waals surface area contributed by atoms with Crippen molar-refractivity contribution in [3.8, 4) is 5.75 Å². The molecule has 246 valence electrons. The molecule has 0 spiro atoms. The molecule has 2 aromatic carbocycles. The SMILES string of the molecule is CCOC(=O)CC[C@H](C(=O)NCc1ccc(Cl)c(Cl)c1OC)N1CCC(CCc2ccccc2)N2C[C@H](N)C[C@H]2C1=O.O=CO. The molecular weight excluding hydrogens is 623 g/mol. The molecule has 2 aromatic rings. The van der Waals surface area contributed by atoms with Gasteiger partial charge in [0.2, 0.25) is 11.8 Å². The highest BCUT2D eigenvalue weighted by molar-refractivity contribution is 6.43. The molecule has 2 aliphatic rings. The number of carboxylic acid groups (broad SMARTS) is 1. The number of amides is 2. The van der Waals surface area contributed by atoms with E-state index in [0.29, 0.717) is 42.3 Å². The van der Waals surface area contributed by atoms with Gasteiger partial charge in [0.15, 0.2) is 0 Å². The van der Waals surface area contributed by atoms with Crippen LogP contribution in [0.1, 0.15) is 50.2 Å². The van der Waals surface area contributed by atoms with Gasteiger partial charge in [0, 0.05) is 43.7 Å². The molecule has 0 aliphatic carbocycles. The minimum Gasteiger partial charge on any atom is -0.495 e. The number of methoxy groups -OCH3 is 1. The summed E-state index contributed by atoms with van der Waals surface area (Å²) >= 11 is 12.4. The number of ether oxygens (including phenoxy) is 2. The first kappa shape index (κ1) is 36.1. The van der Waals surface area contributed by atoms with Crippen LogP contribution in [0.25, 0.3) is 0 Å². The Balaban J connectivity index is 0.00000177. The molecule has 0 radical (unpaired) electrons. The number of halogens is 2. The van der Waals surface area contributed by atoms with Crippen molar-refractivity contribution >= 4 is 47.5 Å². The van der Waals surface area contributed by atoms with Crippen molar-refractivity contribution in [1.29, 1.82) is 0 Å². The predicted molar refractivity (Wildman–Crippen MR) is 171 cm³/mol. The number of carbonyl (C=O) groups is 4. The van der Waals surface area contributed by atoms with Gasteiger partial charge >= 0.3 is 5.97 Å². The smallest absolute Gasteiger partial charge is 0.305 e. The van der Waals surface area contributed by atoms with Crippen molar-refractivity contribution in [3.63, 3.8) is 0 Å². The summed E-state index contributed by atoms with van der Waals surface area (Å²) in [6.07, 6.45) is 3.15. The van der Waals surface area contributed by atoms with Crippen LogP contribution in [0.4, 0.5) is 0 Å². The summed E-state index contributed by atoms with van der Waals surface area (Å²) in [5, 5.41) is 10.4. The van der Waals surface area contributed by atoms with Crippen LogP contribution in [0.2, 0.25) is 10.0 Å². The van der Waals surface area contributed by atoms with Gasteiger partial charge in [-0.05, 0) is 50.7 Å². The third kappa shape index (κ3) is 9.80. The quantitative estimate of drug-likeness (QED) is 0.228. The van der Waals surface area contributed by atoms with Crippen LogP contribution in [0.5, 0.6) is 5.75 Å². The van der Waals surface area contributed by atoms with E-state index in [1.807, 2.05) is 18.2 Å². The molecule has 4 rings (SSSR count). The van der Waals surface area contributed by atoms with Gasteiger partial charge < -0.3 is 30.5 Å². The van der Waals surface area contributed by atoms with Crippen LogP contribution in [0, 0.1) is 0 Å². The van der Waals surface area contributed by atoms with Gasteiger partial charge in [0.1, 0.15) is 16.8 Å². The molecule has 2 heterocycles. The Kier molecular flexibility index (Phi) is 14.4. The van der Waals surface area contributed by atoms with Crippen LogP contribution in [0.15, 0.2) is 42.5 Å². The Morgan fingerprint density at radius 2 is 1.91 bits per heavy atom. The first-order valence-electron chi connectivity index (χ1n) is 15.0. The molecule has 2 aliphatic heterocycles. The molecule has 13 heteroatoms. The maximum Gasteiger partial charge on any atom is 0.305 e. The second-order valence-electron chi connectivity index (χ2n) is 10.9. The Hall–Kier alpha value is -3.38. The fourth-order valence-corrected chi connectivity index (χ4v) is 6.45. The minimum atomic E-state index is -0.859. The lowest BCUT2D eigenvalue weighted by molar-refractivity contribution is -0.147. The number of hydrogen-bond donors (Lipinski definition) is 3. The number of nitrogens with one attached hydrogen (secondary N) is 1. The van der Waals surface area contributed by atoms with E-state index in [4.69, 9.17) is 48.3 Å². The van der Waals surface area contributed by atoms with E-state index in [0.717, 1.165) is 12.8 Å². The number of carbonyl (C=O) groups excluding carboxylic acids is 3. The maximum atomic E-state index is 14.0. The van der Waals surface area contributed by atoms with Crippen LogP contribution in [-0.4, -0.2) is 90.1 Å². The predicted octanol–water partition coefficient (Wildman–Crippen LogP) is 3.67. The number of rotatable bonds is 12. The zero-order valence-corrected chi connectivity index (χ0v) is 27.1.